The van der Waals surface area contributed by atoms with Crippen LogP contribution in [0.25, 0.3) is 22.1 Å². The van der Waals surface area contributed by atoms with Crippen molar-refractivity contribution in [3.63, 3.8) is 0 Å². The molecule has 0 fully saturated rings. The Bertz CT molecular complexity index is 816. The molecule has 3 nitrogen and oxygen atoms in total. The predicted molar refractivity (Wildman–Crippen MR) is 93.2 cm³/mol. The van der Waals surface area contributed by atoms with E-state index in [1.807, 2.05) is 43.3 Å². The van der Waals surface area contributed by atoms with Gasteiger partial charge >= 0.3 is 0 Å². The van der Waals surface area contributed by atoms with Crippen LogP contribution < -0.4 is 4.74 Å². The molecule has 3 heteroatoms. The van der Waals surface area contributed by atoms with Gasteiger partial charge in [0.25, 0.3) is 0 Å². The van der Waals surface area contributed by atoms with Crippen LogP contribution in [-0.4, -0.2) is 12.2 Å². The molecule has 2 aromatic carbocycles. The minimum absolute atomic E-state index is 0.273. The number of furan rings is 1. The van der Waals surface area contributed by atoms with Crippen LogP contribution in [0.3, 0.4) is 0 Å². The van der Waals surface area contributed by atoms with E-state index in [1.165, 1.54) is 0 Å². The second kappa shape index (κ2) is 6.37. The maximum Gasteiger partial charge on any atom is 0.180 e. The predicted octanol–water partition coefficient (Wildman–Crippen LogP) is 5.47. The van der Waals surface area contributed by atoms with Crippen molar-refractivity contribution in [2.75, 3.05) is 7.11 Å². The summed E-state index contributed by atoms with van der Waals surface area (Å²) in [6, 6.07) is 11.8. The zero-order valence-electron chi connectivity index (χ0n) is 13.8. The fraction of sp³-hybridized carbons (Fsp3) is 0.300. The number of phenols is 1. The van der Waals surface area contributed by atoms with Crippen LogP contribution in [0.5, 0.6) is 11.5 Å². The number of hydrogen-bond donors (Lipinski definition) is 1. The second-order valence-corrected chi connectivity index (χ2v) is 5.80. The lowest BCUT2D eigenvalue weighted by Gasteiger charge is -2.17. The van der Waals surface area contributed by atoms with Gasteiger partial charge < -0.3 is 14.3 Å². The molecular weight excluding hydrogens is 288 g/mol. The zero-order chi connectivity index (χ0) is 16.4. The van der Waals surface area contributed by atoms with Crippen molar-refractivity contribution in [3.8, 4) is 22.6 Å². The van der Waals surface area contributed by atoms with E-state index < -0.39 is 0 Å². The van der Waals surface area contributed by atoms with Gasteiger partial charge in [-0.25, -0.2) is 0 Å². The third kappa shape index (κ3) is 2.67. The van der Waals surface area contributed by atoms with E-state index in [2.05, 4.69) is 6.92 Å². The zero-order valence-corrected chi connectivity index (χ0v) is 13.8. The normalized spacial score (nSPS) is 11.1. The molecule has 0 radical (unpaired) electrons. The summed E-state index contributed by atoms with van der Waals surface area (Å²) in [5.41, 5.74) is 3.49. The average Bonchev–Trinajstić information content (AvgIpc) is 2.95. The number of hydrogen-bond acceptors (Lipinski definition) is 3. The number of benzene rings is 2. The Morgan fingerprint density at radius 1 is 1.17 bits per heavy atom. The third-order valence-electron chi connectivity index (χ3n) is 4.18. The summed E-state index contributed by atoms with van der Waals surface area (Å²) in [5.74, 6) is 1.77. The molecule has 0 bridgehead atoms. The van der Waals surface area contributed by atoms with Crippen LogP contribution in [-0.2, 0) is 6.42 Å². The fourth-order valence-electron chi connectivity index (χ4n) is 3.11. The standard InChI is InChI=1S/C20H22O3/c1-4-5-11-15-17(14-9-7-6-8-10-14)18(21)16-12-13(2)23-20(16)19(15)22-3/h6-10,12,21H,4-5,11H2,1-3H3. The molecule has 0 unspecified atom stereocenters. The van der Waals surface area contributed by atoms with Crippen LogP contribution in [0.15, 0.2) is 40.8 Å². The Balaban J connectivity index is 2.37. The minimum atomic E-state index is 0.273. The van der Waals surface area contributed by atoms with Crippen LogP contribution in [0, 0.1) is 6.92 Å². The fourth-order valence-corrected chi connectivity index (χ4v) is 3.11. The van der Waals surface area contributed by atoms with Crippen LogP contribution in [0.1, 0.15) is 31.1 Å². The first-order valence-electron chi connectivity index (χ1n) is 8.04. The van der Waals surface area contributed by atoms with Gasteiger partial charge in [0.15, 0.2) is 11.3 Å². The number of unbranched alkanes of at least 4 members (excludes halogenated alkanes) is 1. The van der Waals surface area contributed by atoms with Gasteiger partial charge in [-0.1, -0.05) is 43.7 Å². The minimum Gasteiger partial charge on any atom is -0.507 e. The molecule has 23 heavy (non-hydrogen) atoms. The third-order valence-corrected chi connectivity index (χ3v) is 4.18. The first kappa shape index (κ1) is 15.5. The lowest BCUT2D eigenvalue weighted by molar-refractivity contribution is 0.402. The van der Waals surface area contributed by atoms with Crippen molar-refractivity contribution < 1.29 is 14.3 Å². The monoisotopic (exact) mass is 310 g/mol. The summed E-state index contributed by atoms with van der Waals surface area (Å²) in [6.07, 6.45) is 2.95. The molecule has 0 aliphatic rings. The van der Waals surface area contributed by atoms with Gasteiger partial charge in [-0.05, 0) is 31.4 Å². The molecule has 3 aromatic rings. The van der Waals surface area contributed by atoms with E-state index in [0.717, 1.165) is 47.5 Å². The Morgan fingerprint density at radius 3 is 2.57 bits per heavy atom. The van der Waals surface area contributed by atoms with E-state index in [1.54, 1.807) is 7.11 Å². The van der Waals surface area contributed by atoms with Gasteiger partial charge in [-0.3, -0.25) is 0 Å². The Kier molecular flexibility index (Phi) is 4.28. The van der Waals surface area contributed by atoms with Crippen molar-refractivity contribution >= 4 is 11.0 Å². The van der Waals surface area contributed by atoms with Crippen LogP contribution >= 0.6 is 0 Å². The second-order valence-electron chi connectivity index (χ2n) is 5.80. The number of ether oxygens (including phenoxy) is 1. The average molecular weight is 310 g/mol. The molecular formula is C20H22O3. The van der Waals surface area contributed by atoms with Crippen molar-refractivity contribution in [1.29, 1.82) is 0 Å². The molecule has 120 valence electrons. The van der Waals surface area contributed by atoms with Crippen molar-refractivity contribution in [3.05, 3.63) is 47.7 Å². The smallest absolute Gasteiger partial charge is 0.180 e. The quantitative estimate of drug-likeness (QED) is 0.680. The summed E-state index contributed by atoms with van der Waals surface area (Å²) >= 11 is 0. The van der Waals surface area contributed by atoms with Crippen molar-refractivity contribution in [2.45, 2.75) is 33.1 Å². The largest absolute Gasteiger partial charge is 0.507 e. The summed E-state index contributed by atoms with van der Waals surface area (Å²) in [4.78, 5) is 0. The van der Waals surface area contributed by atoms with Crippen LogP contribution in [0.4, 0.5) is 0 Å². The Labute approximate surface area is 136 Å². The summed E-state index contributed by atoms with van der Waals surface area (Å²) in [7, 11) is 1.66. The highest BCUT2D eigenvalue weighted by Crippen LogP contribution is 2.47. The van der Waals surface area contributed by atoms with E-state index in [4.69, 9.17) is 9.15 Å². The molecule has 0 atom stereocenters. The van der Waals surface area contributed by atoms with Gasteiger partial charge in [0.2, 0.25) is 0 Å². The first-order chi connectivity index (χ1) is 11.2. The first-order valence-corrected chi connectivity index (χ1v) is 8.04. The Morgan fingerprint density at radius 2 is 1.91 bits per heavy atom. The number of phenolic OH excluding ortho intramolecular Hbond substituents is 1. The highest BCUT2D eigenvalue weighted by Gasteiger charge is 2.23. The van der Waals surface area contributed by atoms with Gasteiger partial charge in [0.1, 0.15) is 11.5 Å². The molecule has 0 amide bonds. The highest BCUT2D eigenvalue weighted by molar-refractivity contribution is 5.98. The Hall–Kier alpha value is -2.42. The van der Waals surface area contributed by atoms with Crippen LogP contribution in [0.2, 0.25) is 0 Å². The summed E-state index contributed by atoms with van der Waals surface area (Å²) < 4.78 is 11.5. The maximum absolute atomic E-state index is 10.9. The number of rotatable bonds is 5. The molecule has 0 spiro atoms. The highest BCUT2D eigenvalue weighted by atomic mass is 16.5. The van der Waals surface area contributed by atoms with E-state index >= 15 is 0 Å². The molecule has 0 saturated heterocycles. The van der Waals surface area contributed by atoms with Crippen molar-refractivity contribution in [1.82, 2.24) is 0 Å². The number of aryl methyl sites for hydroxylation is 1. The molecule has 1 N–H and O–H groups in total. The lowest BCUT2D eigenvalue weighted by Crippen LogP contribution is -1.98. The van der Waals surface area contributed by atoms with Gasteiger partial charge in [-0.15, -0.1) is 0 Å². The SMILES string of the molecule is CCCCc1c(-c2ccccc2)c(O)c2cc(C)oc2c1OC. The summed E-state index contributed by atoms with van der Waals surface area (Å²) in [6.45, 7) is 4.04. The summed E-state index contributed by atoms with van der Waals surface area (Å²) in [5, 5.41) is 11.6. The molecule has 1 aromatic heterocycles. The molecule has 3 rings (SSSR count). The molecule has 0 saturated carbocycles. The van der Waals surface area contributed by atoms with Gasteiger partial charge in [-0.2, -0.15) is 0 Å². The van der Waals surface area contributed by atoms with E-state index in [0.29, 0.717) is 11.0 Å². The van der Waals surface area contributed by atoms with Gasteiger partial charge in [0.05, 0.1) is 12.5 Å². The number of methoxy groups -OCH3 is 1. The molecule has 1 heterocycles. The van der Waals surface area contributed by atoms with Gasteiger partial charge in [0, 0.05) is 11.1 Å². The number of fused-ring (bicyclic) bond motifs is 1. The van der Waals surface area contributed by atoms with E-state index in [9.17, 15) is 5.11 Å². The van der Waals surface area contributed by atoms with Crippen molar-refractivity contribution in [2.24, 2.45) is 0 Å². The molecule has 0 aliphatic heterocycles. The topological polar surface area (TPSA) is 42.6 Å². The maximum atomic E-state index is 10.9. The molecule has 0 aliphatic carbocycles. The number of aromatic hydroxyl groups is 1. The van der Waals surface area contributed by atoms with E-state index in [-0.39, 0.29) is 5.75 Å². The lowest BCUT2D eigenvalue weighted by atomic mass is 9.92.